The second-order valence-electron chi connectivity index (χ2n) is 18.0. The van der Waals surface area contributed by atoms with Crippen molar-refractivity contribution in [1.29, 1.82) is 5.26 Å². The van der Waals surface area contributed by atoms with Crippen LogP contribution in [0, 0.1) is 18.3 Å². The van der Waals surface area contributed by atoms with Crippen LogP contribution in [0.5, 0.6) is 17.2 Å². The number of carbonyl (C=O) groups excluding carboxylic acids is 5. The Hall–Kier alpha value is -7.34. The number of likely N-dealkylation sites (N-methyl/N-ethyl adjacent to an activating group) is 1. The normalized spacial score (nSPS) is 17.7. The highest BCUT2D eigenvalue weighted by molar-refractivity contribution is 6.02. The van der Waals surface area contributed by atoms with Gasteiger partial charge in [-0.25, -0.2) is 9.97 Å². The van der Waals surface area contributed by atoms with E-state index >= 15 is 0 Å². The third-order valence-electron chi connectivity index (χ3n) is 12.6. The average molecular weight is 989 g/mol. The van der Waals surface area contributed by atoms with Crippen molar-refractivity contribution < 1.29 is 38.2 Å². The molecule has 0 radical (unpaired) electrons. The van der Waals surface area contributed by atoms with Crippen LogP contribution in [0.15, 0.2) is 60.7 Å². The summed E-state index contributed by atoms with van der Waals surface area (Å²) >= 11 is 0. The number of nitrogens with two attached hydrogens (primary N) is 4. The minimum absolute atomic E-state index is 0.00228. The molecule has 1 saturated carbocycles. The molecule has 4 bridgehead atoms. The average Bonchev–Trinajstić information content (AvgIpc) is 3.64. The molecule has 4 aromatic rings. The lowest BCUT2D eigenvalue weighted by Crippen LogP contribution is -2.56. The van der Waals surface area contributed by atoms with Gasteiger partial charge in [0.2, 0.25) is 23.6 Å². The van der Waals surface area contributed by atoms with E-state index in [1.165, 1.54) is 31.7 Å². The van der Waals surface area contributed by atoms with Crippen LogP contribution in [-0.2, 0) is 25.6 Å². The molecule has 20 heteroatoms. The Labute approximate surface area is 420 Å². The van der Waals surface area contributed by atoms with E-state index in [1.807, 2.05) is 30.3 Å². The SMILES string of the molecule is Cc1nc(-c2ccc(OC3CCCCCC3)cc2)nc(N)c1C(=O)NC(CCN)C(=O)N(C)[C@@H]1C(=O)N[C@@H](C)C(=O)N[C@H](C(=O)NCC#N)Cc2ccc(OCCCN)c(c2)-c2cc1ccc2OCCCN. The number of fused-ring (bicyclic) bond motifs is 5. The predicted molar refractivity (Wildman–Crippen MR) is 271 cm³/mol. The Kier molecular flexibility index (Phi) is 19.7. The number of anilines is 1. The van der Waals surface area contributed by atoms with Gasteiger partial charge in [0.05, 0.1) is 31.1 Å². The Morgan fingerprint density at radius 3 is 2.14 bits per heavy atom. The van der Waals surface area contributed by atoms with Crippen LogP contribution in [-0.4, -0.2) is 115 Å². The Morgan fingerprint density at radius 1 is 0.861 bits per heavy atom. The predicted octanol–water partition coefficient (Wildman–Crippen LogP) is 3.09. The number of nitrogens with zero attached hydrogens (tertiary/aromatic N) is 4. The standard InChI is InChI=1S/C52H68N12O8/c1-31-44(46(57)63-47(59-31)34-13-16-37(17-14-34)72-36-10-6-4-5-7-11-36)50(67)61-40(20-23-55)52(69)64(3)45-35-15-19-43(71-27-9-22-54)39(30-35)38-28-33(12-18-42(38)70-26-8-21-53)29-41(49(66)58-25-24-56)62-48(65)32(2)60-51(45)68/h12-19,28,30,32,36,40-41,45H,4-11,20-23,25-27,29,53-55H2,1-3H3,(H,58,66)(H,60,68)(H,61,67)(H,62,65)(H2,57,59,63)/t32-,40?,41-,45-/m0/s1. The number of ether oxygens (including phenoxy) is 3. The van der Waals surface area contributed by atoms with Crippen molar-refractivity contribution in [2.75, 3.05) is 52.2 Å². The number of rotatable bonds is 19. The van der Waals surface area contributed by atoms with Gasteiger partial charge in [0.15, 0.2) is 5.82 Å². The molecule has 4 atom stereocenters. The minimum atomic E-state index is -1.43. The molecular weight excluding hydrogens is 921 g/mol. The molecule has 20 nitrogen and oxygen atoms in total. The number of carbonyl (C=O) groups is 5. The number of nitriles is 1. The third-order valence-corrected chi connectivity index (χ3v) is 12.6. The molecule has 2 aliphatic rings. The fourth-order valence-electron chi connectivity index (χ4n) is 8.79. The number of hydrogen-bond acceptors (Lipinski definition) is 15. The molecule has 1 aliphatic heterocycles. The number of benzene rings is 3. The molecule has 1 aromatic heterocycles. The van der Waals surface area contributed by atoms with Crippen molar-refractivity contribution in [2.45, 2.75) is 108 Å². The molecule has 72 heavy (non-hydrogen) atoms. The first kappa shape index (κ1) is 54.0. The van der Waals surface area contributed by atoms with Crippen LogP contribution >= 0.6 is 0 Å². The Balaban J connectivity index is 1.34. The highest BCUT2D eigenvalue weighted by Gasteiger charge is 2.36. The van der Waals surface area contributed by atoms with Gasteiger partial charge in [0.1, 0.15) is 59.3 Å². The topological polar surface area (TPSA) is 318 Å². The highest BCUT2D eigenvalue weighted by Crippen LogP contribution is 2.40. The van der Waals surface area contributed by atoms with E-state index < -0.39 is 53.7 Å². The fraction of sp³-hybridized carbons (Fsp3) is 0.462. The maximum atomic E-state index is 14.8. The maximum Gasteiger partial charge on any atom is 0.257 e. The Bertz CT molecular complexity index is 2560. The van der Waals surface area contributed by atoms with Crippen LogP contribution in [0.3, 0.4) is 0 Å². The van der Waals surface area contributed by atoms with Crippen molar-refractivity contribution in [3.05, 3.63) is 83.0 Å². The van der Waals surface area contributed by atoms with Gasteiger partial charge in [0, 0.05) is 30.2 Å². The summed E-state index contributed by atoms with van der Waals surface area (Å²) < 4.78 is 18.8. The summed E-state index contributed by atoms with van der Waals surface area (Å²) in [5.74, 6) is -1.75. The number of aromatic nitrogens is 2. The monoisotopic (exact) mass is 989 g/mol. The summed E-state index contributed by atoms with van der Waals surface area (Å²) in [5, 5.41) is 20.0. The molecule has 384 valence electrons. The molecule has 12 N–H and O–H groups in total. The number of amides is 5. The second kappa shape index (κ2) is 26.2. The van der Waals surface area contributed by atoms with Crippen molar-refractivity contribution >= 4 is 35.4 Å². The molecule has 0 spiro atoms. The van der Waals surface area contributed by atoms with Crippen molar-refractivity contribution in [3.63, 3.8) is 0 Å². The van der Waals surface area contributed by atoms with E-state index in [2.05, 4.69) is 31.2 Å². The van der Waals surface area contributed by atoms with E-state index in [4.69, 9.17) is 37.1 Å². The largest absolute Gasteiger partial charge is 0.493 e. The summed E-state index contributed by atoms with van der Waals surface area (Å²) in [7, 11) is 1.41. The van der Waals surface area contributed by atoms with E-state index in [1.54, 1.807) is 43.3 Å². The van der Waals surface area contributed by atoms with Gasteiger partial charge in [-0.05, 0) is 138 Å². The van der Waals surface area contributed by atoms with E-state index in [9.17, 15) is 29.2 Å². The first-order valence-electron chi connectivity index (χ1n) is 24.6. The maximum absolute atomic E-state index is 14.8. The molecule has 5 amide bonds. The van der Waals surface area contributed by atoms with Gasteiger partial charge < -0.3 is 63.3 Å². The van der Waals surface area contributed by atoms with Gasteiger partial charge in [-0.2, -0.15) is 5.26 Å². The lowest BCUT2D eigenvalue weighted by Gasteiger charge is -2.32. The summed E-state index contributed by atoms with van der Waals surface area (Å²) in [4.78, 5) is 81.2. The minimum Gasteiger partial charge on any atom is -0.493 e. The smallest absolute Gasteiger partial charge is 0.257 e. The van der Waals surface area contributed by atoms with Gasteiger partial charge in [-0.3, -0.25) is 24.0 Å². The Morgan fingerprint density at radius 2 is 1.51 bits per heavy atom. The molecular formula is C52H68N12O8. The first-order chi connectivity index (χ1) is 34.8. The zero-order valence-corrected chi connectivity index (χ0v) is 41.3. The zero-order valence-electron chi connectivity index (χ0n) is 41.3. The van der Waals surface area contributed by atoms with Gasteiger partial charge in [-0.15, -0.1) is 0 Å². The van der Waals surface area contributed by atoms with Crippen molar-refractivity contribution in [2.24, 2.45) is 17.2 Å². The lowest BCUT2D eigenvalue weighted by atomic mass is 9.93. The van der Waals surface area contributed by atoms with Crippen molar-refractivity contribution in [1.82, 2.24) is 36.1 Å². The van der Waals surface area contributed by atoms with Crippen LogP contribution in [0.1, 0.15) is 97.9 Å². The number of nitrogens with one attached hydrogen (secondary N) is 4. The number of nitrogen functional groups attached to an aromatic ring is 1. The van der Waals surface area contributed by atoms with Crippen LogP contribution in [0.4, 0.5) is 5.82 Å². The summed E-state index contributed by atoms with van der Waals surface area (Å²) in [5.41, 5.74) is 27.0. The number of hydrogen-bond donors (Lipinski definition) is 8. The molecule has 1 unspecified atom stereocenters. The molecule has 6 rings (SSSR count). The van der Waals surface area contributed by atoms with Gasteiger partial charge >= 0.3 is 0 Å². The van der Waals surface area contributed by atoms with E-state index in [0.717, 1.165) is 31.4 Å². The van der Waals surface area contributed by atoms with Gasteiger partial charge in [-0.1, -0.05) is 25.0 Å². The quantitative estimate of drug-likeness (QED) is 0.0380. The van der Waals surface area contributed by atoms with Gasteiger partial charge in [0.25, 0.3) is 5.91 Å². The zero-order chi connectivity index (χ0) is 51.7. The van der Waals surface area contributed by atoms with Crippen molar-refractivity contribution in [3.8, 4) is 45.8 Å². The first-order valence-corrected chi connectivity index (χ1v) is 24.6. The summed E-state index contributed by atoms with van der Waals surface area (Å²) in [6.07, 6.45) is 7.98. The molecule has 1 fully saturated rings. The highest BCUT2D eigenvalue weighted by atomic mass is 16.5. The third kappa shape index (κ3) is 14.0. The van der Waals surface area contributed by atoms with Crippen LogP contribution in [0.25, 0.3) is 22.5 Å². The molecule has 0 saturated heterocycles. The molecule has 3 aromatic carbocycles. The van der Waals surface area contributed by atoms with Crippen LogP contribution in [0.2, 0.25) is 0 Å². The number of aryl methyl sites for hydroxylation is 1. The molecule has 2 heterocycles. The second-order valence-corrected chi connectivity index (χ2v) is 18.0. The molecule has 1 aliphatic carbocycles. The van der Waals surface area contributed by atoms with Crippen LogP contribution < -0.4 is 58.4 Å². The lowest BCUT2D eigenvalue weighted by molar-refractivity contribution is -0.141. The van der Waals surface area contributed by atoms with E-state index in [0.29, 0.717) is 71.1 Å². The summed E-state index contributed by atoms with van der Waals surface area (Å²) in [6, 6.07) is 14.5. The van der Waals surface area contributed by atoms with E-state index in [-0.39, 0.29) is 62.3 Å². The summed E-state index contributed by atoms with van der Waals surface area (Å²) in [6.45, 7) is 3.97. The fourth-order valence-corrected chi connectivity index (χ4v) is 8.79.